The summed E-state index contributed by atoms with van der Waals surface area (Å²) in [7, 11) is 0. The van der Waals surface area contributed by atoms with E-state index in [9.17, 15) is 4.79 Å². The average molecular weight is 262 g/mol. The lowest BCUT2D eigenvalue weighted by molar-refractivity contribution is -0.112. The summed E-state index contributed by atoms with van der Waals surface area (Å²) in [6, 6.07) is 0.938. The third-order valence-electron chi connectivity index (χ3n) is 4.31. The number of azo groups is 1. The molecule has 2 rings (SSSR count). The minimum atomic E-state index is 0.152. The minimum Gasteiger partial charge on any atom is -0.295 e. The molecule has 0 bridgehead atoms. The largest absolute Gasteiger partial charge is 0.295 e. The van der Waals surface area contributed by atoms with Crippen molar-refractivity contribution in [3.05, 3.63) is 12.2 Å². The fourth-order valence-corrected chi connectivity index (χ4v) is 3.07. The lowest BCUT2D eigenvalue weighted by atomic mass is 9.86. The lowest BCUT2D eigenvalue weighted by Gasteiger charge is -2.24. The molecular formula is C16H26N2O. The molecule has 0 N–H and O–H groups in total. The Kier molecular flexibility index (Phi) is 5.74. The van der Waals surface area contributed by atoms with Crippen molar-refractivity contribution in [3.8, 4) is 0 Å². The van der Waals surface area contributed by atoms with Gasteiger partial charge in [0.2, 0.25) is 0 Å². The fraction of sp³-hybridized carbons (Fsp3) is 0.812. The number of rotatable bonds is 4. The lowest BCUT2D eigenvalue weighted by Crippen LogP contribution is -2.17. The predicted octanol–water partition coefficient (Wildman–Crippen LogP) is 4.48. The van der Waals surface area contributed by atoms with Gasteiger partial charge in [-0.15, -0.1) is 0 Å². The van der Waals surface area contributed by atoms with Gasteiger partial charge in [-0.1, -0.05) is 25.3 Å². The van der Waals surface area contributed by atoms with Gasteiger partial charge in [0, 0.05) is 0 Å². The Bertz CT molecular complexity index is 335. The highest BCUT2D eigenvalue weighted by Gasteiger charge is 2.20. The van der Waals surface area contributed by atoms with Gasteiger partial charge in [0.15, 0.2) is 5.78 Å². The van der Waals surface area contributed by atoms with E-state index in [-0.39, 0.29) is 5.78 Å². The Morgan fingerprint density at radius 3 is 2.05 bits per heavy atom. The second-order valence-corrected chi connectivity index (χ2v) is 6.06. The molecule has 0 heterocycles. The highest BCUT2D eigenvalue weighted by atomic mass is 16.1. The minimum absolute atomic E-state index is 0.152. The molecule has 0 atom stereocenters. The molecule has 0 aromatic carbocycles. The van der Waals surface area contributed by atoms with E-state index >= 15 is 0 Å². The SMILES string of the molecule is CC(=O)C=CC1CCC(N=NC2CCCCC2)CC1. The van der Waals surface area contributed by atoms with Crippen LogP contribution in [0.1, 0.15) is 64.7 Å². The Hall–Kier alpha value is -0.990. The van der Waals surface area contributed by atoms with Gasteiger partial charge in [-0.05, 0) is 57.4 Å². The summed E-state index contributed by atoms with van der Waals surface area (Å²) in [4.78, 5) is 10.9. The number of carbonyl (C=O) groups excluding carboxylic acids is 1. The molecular weight excluding hydrogens is 236 g/mol. The molecule has 3 nitrogen and oxygen atoms in total. The van der Waals surface area contributed by atoms with Crippen LogP contribution in [0, 0.1) is 5.92 Å². The van der Waals surface area contributed by atoms with E-state index in [4.69, 9.17) is 0 Å². The van der Waals surface area contributed by atoms with Gasteiger partial charge in [0.25, 0.3) is 0 Å². The van der Waals surface area contributed by atoms with Crippen molar-refractivity contribution in [2.45, 2.75) is 76.8 Å². The van der Waals surface area contributed by atoms with Crippen LogP contribution in [-0.4, -0.2) is 17.9 Å². The van der Waals surface area contributed by atoms with Crippen LogP contribution in [0.5, 0.6) is 0 Å². The average Bonchev–Trinajstić information content (AvgIpc) is 2.45. The first-order valence-corrected chi connectivity index (χ1v) is 7.83. The third kappa shape index (κ3) is 5.25. The zero-order valence-corrected chi connectivity index (χ0v) is 12.1. The smallest absolute Gasteiger partial charge is 0.152 e. The number of hydrogen-bond donors (Lipinski definition) is 0. The Balaban J connectivity index is 1.70. The van der Waals surface area contributed by atoms with Crippen molar-refractivity contribution in [1.82, 2.24) is 0 Å². The number of carbonyl (C=O) groups is 1. The summed E-state index contributed by atoms with van der Waals surface area (Å²) in [5.74, 6) is 0.726. The van der Waals surface area contributed by atoms with Gasteiger partial charge < -0.3 is 0 Å². The molecule has 0 aromatic heterocycles. The zero-order valence-electron chi connectivity index (χ0n) is 12.1. The van der Waals surface area contributed by atoms with Crippen LogP contribution in [-0.2, 0) is 4.79 Å². The molecule has 0 radical (unpaired) electrons. The number of hydrogen-bond acceptors (Lipinski definition) is 3. The summed E-state index contributed by atoms with van der Waals surface area (Å²) < 4.78 is 0. The van der Waals surface area contributed by atoms with E-state index in [1.54, 1.807) is 13.0 Å². The van der Waals surface area contributed by atoms with Crippen molar-refractivity contribution >= 4 is 5.78 Å². The molecule has 2 saturated carbocycles. The van der Waals surface area contributed by atoms with Gasteiger partial charge in [-0.25, -0.2) is 0 Å². The van der Waals surface area contributed by atoms with Crippen molar-refractivity contribution in [3.63, 3.8) is 0 Å². The van der Waals surface area contributed by atoms with Crippen LogP contribution < -0.4 is 0 Å². The second kappa shape index (κ2) is 7.56. The van der Waals surface area contributed by atoms with Gasteiger partial charge >= 0.3 is 0 Å². The predicted molar refractivity (Wildman–Crippen MR) is 77.3 cm³/mol. The van der Waals surface area contributed by atoms with Crippen LogP contribution in [0.4, 0.5) is 0 Å². The normalized spacial score (nSPS) is 30.2. The maximum Gasteiger partial charge on any atom is 0.152 e. The fourth-order valence-electron chi connectivity index (χ4n) is 3.07. The summed E-state index contributed by atoms with van der Waals surface area (Å²) >= 11 is 0. The maximum absolute atomic E-state index is 10.9. The molecule has 2 aliphatic rings. The molecule has 2 aliphatic carbocycles. The van der Waals surface area contributed by atoms with E-state index in [2.05, 4.69) is 16.3 Å². The summed E-state index contributed by atoms with van der Waals surface area (Å²) in [6.07, 6.45) is 14.9. The van der Waals surface area contributed by atoms with Crippen LogP contribution in [0.3, 0.4) is 0 Å². The number of allylic oxidation sites excluding steroid dienone is 2. The van der Waals surface area contributed by atoms with E-state index in [0.29, 0.717) is 18.0 Å². The summed E-state index contributed by atoms with van der Waals surface area (Å²) in [6.45, 7) is 1.61. The van der Waals surface area contributed by atoms with Crippen molar-refractivity contribution in [2.75, 3.05) is 0 Å². The first kappa shape index (κ1) is 14.4. The second-order valence-electron chi connectivity index (χ2n) is 6.06. The molecule has 106 valence electrons. The first-order chi connectivity index (χ1) is 9.24. The van der Waals surface area contributed by atoms with Crippen molar-refractivity contribution in [1.29, 1.82) is 0 Å². The molecule has 0 unspecified atom stereocenters. The maximum atomic E-state index is 10.9. The molecule has 0 saturated heterocycles. The van der Waals surface area contributed by atoms with E-state index < -0.39 is 0 Å². The zero-order chi connectivity index (χ0) is 13.5. The molecule has 0 aliphatic heterocycles. The Morgan fingerprint density at radius 2 is 1.47 bits per heavy atom. The van der Waals surface area contributed by atoms with Crippen molar-refractivity contribution in [2.24, 2.45) is 16.1 Å². The summed E-state index contributed by atoms with van der Waals surface area (Å²) in [5.41, 5.74) is 0. The van der Waals surface area contributed by atoms with Crippen molar-refractivity contribution < 1.29 is 4.79 Å². The highest BCUT2D eigenvalue weighted by Crippen LogP contribution is 2.28. The summed E-state index contributed by atoms with van der Waals surface area (Å²) in [5, 5.41) is 9.13. The molecule has 0 amide bonds. The number of ketones is 1. The third-order valence-corrected chi connectivity index (χ3v) is 4.31. The first-order valence-electron chi connectivity index (χ1n) is 7.83. The van der Waals surface area contributed by atoms with Crippen LogP contribution in [0.25, 0.3) is 0 Å². The topological polar surface area (TPSA) is 41.8 Å². The monoisotopic (exact) mass is 262 g/mol. The highest BCUT2D eigenvalue weighted by molar-refractivity contribution is 5.87. The standard InChI is InChI=1S/C16H26N2O/c1-13(19)7-8-14-9-11-16(12-10-14)18-17-15-5-3-2-4-6-15/h7-8,14-16H,2-6,9-12H2,1H3. The molecule has 0 aromatic rings. The van der Waals surface area contributed by atoms with Crippen LogP contribution in [0.2, 0.25) is 0 Å². The Labute approximate surface area is 116 Å². The van der Waals surface area contributed by atoms with E-state index in [1.807, 2.05) is 0 Å². The quantitative estimate of drug-likeness (QED) is 0.544. The van der Waals surface area contributed by atoms with Gasteiger partial charge in [0.1, 0.15) is 0 Å². The van der Waals surface area contributed by atoms with E-state index in [0.717, 1.165) is 25.7 Å². The number of nitrogens with zero attached hydrogens (tertiary/aromatic N) is 2. The Morgan fingerprint density at radius 1 is 0.895 bits per heavy atom. The van der Waals surface area contributed by atoms with E-state index in [1.165, 1.54) is 32.1 Å². The van der Waals surface area contributed by atoms with Gasteiger partial charge in [-0.2, -0.15) is 10.2 Å². The van der Waals surface area contributed by atoms with Crippen LogP contribution >= 0.6 is 0 Å². The van der Waals surface area contributed by atoms with Gasteiger partial charge in [-0.3, -0.25) is 4.79 Å². The molecule has 0 spiro atoms. The molecule has 19 heavy (non-hydrogen) atoms. The molecule has 2 fully saturated rings. The van der Waals surface area contributed by atoms with Crippen LogP contribution in [0.15, 0.2) is 22.4 Å². The molecule has 3 heteroatoms. The van der Waals surface area contributed by atoms with Gasteiger partial charge in [0.05, 0.1) is 12.1 Å².